The molecule has 0 spiro atoms. The van der Waals surface area contributed by atoms with Crippen molar-refractivity contribution in [2.75, 3.05) is 13.2 Å². The van der Waals surface area contributed by atoms with E-state index in [4.69, 9.17) is 16.7 Å². The van der Waals surface area contributed by atoms with Crippen molar-refractivity contribution in [1.29, 1.82) is 0 Å². The Morgan fingerprint density at radius 3 is 2.62 bits per heavy atom. The number of hydrogen-bond donors (Lipinski definition) is 1. The van der Waals surface area contributed by atoms with Gasteiger partial charge in [0.05, 0.1) is 0 Å². The van der Waals surface area contributed by atoms with E-state index in [-0.39, 0.29) is 6.61 Å². The molecular weight excluding hydrogens is 186 g/mol. The maximum atomic E-state index is 8.51. The van der Waals surface area contributed by atoms with Crippen molar-refractivity contribution in [1.82, 2.24) is 0 Å². The van der Waals surface area contributed by atoms with Crippen LogP contribution in [0.1, 0.15) is 12.0 Å². The van der Waals surface area contributed by atoms with Gasteiger partial charge in [0.1, 0.15) is 0 Å². The van der Waals surface area contributed by atoms with Crippen molar-refractivity contribution in [2.24, 2.45) is 4.99 Å². The zero-order valence-corrected chi connectivity index (χ0v) is 8.04. The summed E-state index contributed by atoms with van der Waals surface area (Å²) < 4.78 is 0. The molecule has 0 aliphatic heterocycles. The summed E-state index contributed by atoms with van der Waals surface area (Å²) in [6.45, 7) is 0.858. The van der Waals surface area contributed by atoms with Gasteiger partial charge in [-0.2, -0.15) is 0 Å². The molecule has 13 heavy (non-hydrogen) atoms. The Morgan fingerprint density at radius 1 is 1.31 bits per heavy atom. The SMILES string of the molecule is OCCCN=Cc1ccc(Cl)cc1. The summed E-state index contributed by atoms with van der Waals surface area (Å²) in [7, 11) is 0. The summed E-state index contributed by atoms with van der Waals surface area (Å²) in [5, 5.41) is 9.24. The quantitative estimate of drug-likeness (QED) is 0.582. The molecule has 0 saturated heterocycles. The number of aliphatic hydroxyl groups is 1. The van der Waals surface area contributed by atoms with E-state index < -0.39 is 0 Å². The first-order chi connectivity index (χ1) is 6.33. The molecule has 0 aromatic heterocycles. The molecule has 0 fully saturated rings. The van der Waals surface area contributed by atoms with Gasteiger partial charge in [-0.05, 0) is 24.1 Å². The molecule has 0 aliphatic rings. The molecule has 1 N–H and O–H groups in total. The number of rotatable bonds is 4. The Morgan fingerprint density at radius 2 is 2.00 bits per heavy atom. The zero-order chi connectivity index (χ0) is 9.52. The summed E-state index contributed by atoms with van der Waals surface area (Å²) in [4.78, 5) is 4.13. The van der Waals surface area contributed by atoms with E-state index in [1.807, 2.05) is 24.3 Å². The monoisotopic (exact) mass is 197 g/mol. The lowest BCUT2D eigenvalue weighted by atomic mass is 10.2. The van der Waals surface area contributed by atoms with E-state index in [0.717, 1.165) is 10.6 Å². The molecular formula is C10H12ClNO. The second-order valence-electron chi connectivity index (χ2n) is 2.66. The molecule has 1 rings (SSSR count). The van der Waals surface area contributed by atoms with Crippen LogP contribution in [0.15, 0.2) is 29.3 Å². The lowest BCUT2D eigenvalue weighted by Gasteiger charge is -1.93. The van der Waals surface area contributed by atoms with Crippen LogP contribution in [0, 0.1) is 0 Å². The number of nitrogens with zero attached hydrogens (tertiary/aromatic N) is 1. The van der Waals surface area contributed by atoms with Crippen LogP contribution < -0.4 is 0 Å². The van der Waals surface area contributed by atoms with Crippen LogP contribution >= 0.6 is 11.6 Å². The van der Waals surface area contributed by atoms with Crippen molar-refractivity contribution >= 4 is 17.8 Å². The first-order valence-corrected chi connectivity index (χ1v) is 4.57. The molecule has 1 aromatic carbocycles. The Kier molecular flexibility index (Phi) is 4.50. The van der Waals surface area contributed by atoms with Crippen LogP contribution in [0.25, 0.3) is 0 Å². The van der Waals surface area contributed by atoms with E-state index in [1.54, 1.807) is 6.21 Å². The second-order valence-corrected chi connectivity index (χ2v) is 3.10. The topological polar surface area (TPSA) is 32.6 Å². The minimum absolute atomic E-state index is 0.192. The fraction of sp³-hybridized carbons (Fsp3) is 0.300. The number of hydrogen-bond acceptors (Lipinski definition) is 2. The molecule has 0 bridgehead atoms. The predicted molar refractivity (Wildman–Crippen MR) is 55.6 cm³/mol. The first kappa shape index (κ1) is 10.2. The van der Waals surface area contributed by atoms with Crippen LogP contribution in [-0.4, -0.2) is 24.5 Å². The van der Waals surface area contributed by atoms with Crippen molar-refractivity contribution in [3.05, 3.63) is 34.9 Å². The maximum Gasteiger partial charge on any atom is 0.0448 e. The highest BCUT2D eigenvalue weighted by Crippen LogP contribution is 2.07. The van der Waals surface area contributed by atoms with Crippen molar-refractivity contribution in [3.63, 3.8) is 0 Å². The molecule has 0 aliphatic carbocycles. The highest BCUT2D eigenvalue weighted by molar-refractivity contribution is 6.30. The molecule has 3 heteroatoms. The fourth-order valence-corrected chi connectivity index (χ4v) is 1.01. The molecule has 2 nitrogen and oxygen atoms in total. The molecule has 0 amide bonds. The summed E-state index contributed by atoms with van der Waals surface area (Å²) in [6, 6.07) is 7.47. The summed E-state index contributed by atoms with van der Waals surface area (Å²) >= 11 is 5.72. The average Bonchev–Trinajstić information content (AvgIpc) is 2.15. The largest absolute Gasteiger partial charge is 0.396 e. The summed E-state index contributed by atoms with van der Waals surface area (Å²) in [5.74, 6) is 0. The summed E-state index contributed by atoms with van der Waals surface area (Å²) in [6.07, 6.45) is 2.50. The number of aliphatic imine (C=N–C) groups is 1. The van der Waals surface area contributed by atoms with E-state index in [0.29, 0.717) is 13.0 Å². The van der Waals surface area contributed by atoms with Crippen LogP contribution in [-0.2, 0) is 0 Å². The van der Waals surface area contributed by atoms with Gasteiger partial charge in [-0.1, -0.05) is 23.7 Å². The van der Waals surface area contributed by atoms with E-state index >= 15 is 0 Å². The first-order valence-electron chi connectivity index (χ1n) is 4.19. The molecule has 1 aromatic rings. The smallest absolute Gasteiger partial charge is 0.0448 e. The third-order valence-electron chi connectivity index (χ3n) is 1.56. The van der Waals surface area contributed by atoms with Gasteiger partial charge in [-0.3, -0.25) is 4.99 Å². The van der Waals surface area contributed by atoms with Crippen LogP contribution in [0.4, 0.5) is 0 Å². The van der Waals surface area contributed by atoms with Gasteiger partial charge in [-0.25, -0.2) is 0 Å². The van der Waals surface area contributed by atoms with Gasteiger partial charge in [0.25, 0.3) is 0 Å². The van der Waals surface area contributed by atoms with Gasteiger partial charge in [0, 0.05) is 24.4 Å². The highest BCUT2D eigenvalue weighted by atomic mass is 35.5. The molecule has 0 unspecified atom stereocenters. The van der Waals surface area contributed by atoms with E-state index in [2.05, 4.69) is 4.99 Å². The van der Waals surface area contributed by atoms with Crippen LogP contribution in [0.3, 0.4) is 0 Å². The lowest BCUT2D eigenvalue weighted by Crippen LogP contribution is -1.88. The zero-order valence-electron chi connectivity index (χ0n) is 7.28. The lowest BCUT2D eigenvalue weighted by molar-refractivity contribution is 0.291. The van der Waals surface area contributed by atoms with E-state index in [9.17, 15) is 0 Å². The van der Waals surface area contributed by atoms with Crippen LogP contribution in [0.2, 0.25) is 5.02 Å². The highest BCUT2D eigenvalue weighted by Gasteiger charge is 1.87. The fourth-order valence-electron chi connectivity index (χ4n) is 0.881. The Balaban J connectivity index is 2.44. The second kappa shape index (κ2) is 5.73. The van der Waals surface area contributed by atoms with Gasteiger partial charge in [0.2, 0.25) is 0 Å². The van der Waals surface area contributed by atoms with Crippen molar-refractivity contribution in [3.8, 4) is 0 Å². The minimum Gasteiger partial charge on any atom is -0.396 e. The van der Waals surface area contributed by atoms with Gasteiger partial charge < -0.3 is 5.11 Å². The minimum atomic E-state index is 0.192. The Bertz CT molecular complexity index is 269. The summed E-state index contributed by atoms with van der Waals surface area (Å²) in [5.41, 5.74) is 1.03. The molecule has 0 radical (unpaired) electrons. The van der Waals surface area contributed by atoms with Crippen molar-refractivity contribution in [2.45, 2.75) is 6.42 Å². The maximum absolute atomic E-state index is 8.51. The number of aliphatic hydroxyl groups excluding tert-OH is 1. The Hall–Kier alpha value is -0.860. The molecule has 70 valence electrons. The Labute approximate surface area is 82.9 Å². The number of benzene rings is 1. The average molecular weight is 198 g/mol. The third kappa shape index (κ3) is 4.06. The van der Waals surface area contributed by atoms with Crippen LogP contribution in [0.5, 0.6) is 0 Å². The van der Waals surface area contributed by atoms with Gasteiger partial charge in [0.15, 0.2) is 0 Å². The molecule has 0 atom stereocenters. The normalized spacial score (nSPS) is 10.9. The molecule has 0 saturated carbocycles. The van der Waals surface area contributed by atoms with Gasteiger partial charge >= 0.3 is 0 Å². The van der Waals surface area contributed by atoms with Crippen molar-refractivity contribution < 1.29 is 5.11 Å². The standard InChI is InChI=1S/C10H12ClNO/c11-10-4-2-9(3-5-10)8-12-6-1-7-13/h2-5,8,13H,1,6-7H2. The van der Waals surface area contributed by atoms with Gasteiger partial charge in [-0.15, -0.1) is 0 Å². The predicted octanol–water partition coefficient (Wildman–Crippen LogP) is 2.14. The van der Waals surface area contributed by atoms with E-state index in [1.165, 1.54) is 0 Å². The molecule has 0 heterocycles. The third-order valence-corrected chi connectivity index (χ3v) is 1.81. The number of halogens is 1.